The minimum absolute atomic E-state index is 0.115. The van der Waals surface area contributed by atoms with Gasteiger partial charge < -0.3 is 9.73 Å². The summed E-state index contributed by atoms with van der Waals surface area (Å²) < 4.78 is 33.1. The Bertz CT molecular complexity index is 583. The highest BCUT2D eigenvalue weighted by Crippen LogP contribution is 2.30. The molecule has 0 bridgehead atoms. The van der Waals surface area contributed by atoms with E-state index in [1.54, 1.807) is 6.92 Å². The lowest BCUT2D eigenvalue weighted by atomic mass is 10.2. The molecule has 0 amide bonds. The molecule has 2 saturated carbocycles. The van der Waals surface area contributed by atoms with Crippen LogP contribution in [-0.4, -0.2) is 20.5 Å². The summed E-state index contributed by atoms with van der Waals surface area (Å²) in [6.45, 7) is 4.11. The summed E-state index contributed by atoms with van der Waals surface area (Å²) in [6, 6.07) is 0.658. The van der Waals surface area contributed by atoms with Gasteiger partial charge in [-0.1, -0.05) is 0 Å². The molecule has 2 aliphatic carbocycles. The molecule has 2 N–H and O–H groups in total. The Kier molecular flexibility index (Phi) is 3.19. The van der Waals surface area contributed by atoms with Gasteiger partial charge in [-0.2, -0.15) is 0 Å². The summed E-state index contributed by atoms with van der Waals surface area (Å²) in [5.74, 6) is 1.18. The van der Waals surface area contributed by atoms with E-state index in [1.807, 2.05) is 6.92 Å². The lowest BCUT2D eigenvalue weighted by molar-refractivity contribution is 0.492. The standard InChI is InChI=1S/C13H20N2O3S/c1-8-12(7-14-10-3-4-10)13(9(2)18-8)19(16,17)15-11-5-6-11/h10-11,14-15H,3-7H2,1-2H3. The smallest absolute Gasteiger partial charge is 0.244 e. The second kappa shape index (κ2) is 4.61. The van der Waals surface area contributed by atoms with Gasteiger partial charge in [0.05, 0.1) is 0 Å². The molecule has 6 heteroatoms. The van der Waals surface area contributed by atoms with Crippen LogP contribution in [0.25, 0.3) is 0 Å². The second-order valence-corrected chi connectivity index (χ2v) is 7.22. The highest BCUT2D eigenvalue weighted by atomic mass is 32.2. The van der Waals surface area contributed by atoms with Crippen molar-refractivity contribution in [3.05, 3.63) is 17.1 Å². The van der Waals surface area contributed by atoms with Crippen LogP contribution >= 0.6 is 0 Å². The molecule has 1 heterocycles. The van der Waals surface area contributed by atoms with E-state index in [-0.39, 0.29) is 6.04 Å². The number of sulfonamides is 1. The summed E-state index contributed by atoms with van der Waals surface area (Å²) in [5.41, 5.74) is 0.776. The molecule has 0 aliphatic heterocycles. The molecule has 0 atom stereocenters. The predicted octanol–water partition coefficient (Wildman–Crippen LogP) is 1.59. The third kappa shape index (κ3) is 2.85. The van der Waals surface area contributed by atoms with Crippen LogP contribution in [0, 0.1) is 13.8 Å². The molecule has 5 nitrogen and oxygen atoms in total. The van der Waals surface area contributed by atoms with E-state index < -0.39 is 10.0 Å². The molecule has 106 valence electrons. The minimum Gasteiger partial charge on any atom is -0.465 e. The van der Waals surface area contributed by atoms with Crippen molar-refractivity contribution in [3.8, 4) is 0 Å². The highest BCUT2D eigenvalue weighted by Gasteiger charge is 2.33. The van der Waals surface area contributed by atoms with Gasteiger partial charge in [0.15, 0.2) is 0 Å². The van der Waals surface area contributed by atoms with Crippen LogP contribution in [-0.2, 0) is 16.6 Å². The number of aryl methyl sites for hydroxylation is 2. The molecular formula is C13H20N2O3S. The van der Waals surface area contributed by atoms with Crippen LogP contribution < -0.4 is 10.0 Å². The van der Waals surface area contributed by atoms with Crippen molar-refractivity contribution in [3.63, 3.8) is 0 Å². The van der Waals surface area contributed by atoms with Crippen LogP contribution in [0.1, 0.15) is 42.8 Å². The van der Waals surface area contributed by atoms with Gasteiger partial charge in [0.2, 0.25) is 10.0 Å². The molecule has 0 radical (unpaired) electrons. The Balaban J connectivity index is 1.88. The van der Waals surface area contributed by atoms with Gasteiger partial charge in [-0.15, -0.1) is 0 Å². The van der Waals surface area contributed by atoms with Crippen molar-refractivity contribution in [2.24, 2.45) is 0 Å². The van der Waals surface area contributed by atoms with Crippen molar-refractivity contribution < 1.29 is 12.8 Å². The Labute approximate surface area is 113 Å². The van der Waals surface area contributed by atoms with Gasteiger partial charge in [0, 0.05) is 24.2 Å². The maximum atomic E-state index is 12.4. The fraction of sp³-hybridized carbons (Fsp3) is 0.692. The SMILES string of the molecule is Cc1oc(C)c(S(=O)(=O)NC2CC2)c1CNC1CC1. The molecular weight excluding hydrogens is 264 g/mol. The van der Waals surface area contributed by atoms with E-state index in [0.717, 1.165) is 18.4 Å². The van der Waals surface area contributed by atoms with Gasteiger partial charge in [-0.25, -0.2) is 13.1 Å². The second-order valence-electron chi connectivity index (χ2n) is 5.57. The van der Waals surface area contributed by atoms with Gasteiger partial charge in [0.25, 0.3) is 0 Å². The number of nitrogens with one attached hydrogen (secondary N) is 2. The Morgan fingerprint density at radius 3 is 2.32 bits per heavy atom. The van der Waals surface area contributed by atoms with E-state index in [0.29, 0.717) is 29.0 Å². The van der Waals surface area contributed by atoms with Crippen molar-refractivity contribution >= 4 is 10.0 Å². The lowest BCUT2D eigenvalue weighted by Gasteiger charge is -2.08. The van der Waals surface area contributed by atoms with Crippen molar-refractivity contribution in [1.29, 1.82) is 0 Å². The molecule has 0 saturated heterocycles. The first-order valence-electron chi connectivity index (χ1n) is 6.82. The van der Waals surface area contributed by atoms with E-state index in [9.17, 15) is 8.42 Å². The van der Waals surface area contributed by atoms with Gasteiger partial charge in [0.1, 0.15) is 16.4 Å². The number of hydrogen-bond acceptors (Lipinski definition) is 4. The Morgan fingerprint density at radius 1 is 1.11 bits per heavy atom. The van der Waals surface area contributed by atoms with E-state index >= 15 is 0 Å². The number of furan rings is 1. The van der Waals surface area contributed by atoms with Gasteiger partial charge >= 0.3 is 0 Å². The van der Waals surface area contributed by atoms with Crippen LogP contribution in [0.3, 0.4) is 0 Å². The molecule has 3 rings (SSSR count). The maximum Gasteiger partial charge on any atom is 0.244 e. The van der Waals surface area contributed by atoms with E-state index in [2.05, 4.69) is 10.0 Å². The van der Waals surface area contributed by atoms with Gasteiger partial charge in [-0.3, -0.25) is 0 Å². The Hall–Kier alpha value is -0.850. The first-order chi connectivity index (χ1) is 8.97. The third-order valence-corrected chi connectivity index (χ3v) is 5.35. The maximum absolute atomic E-state index is 12.4. The topological polar surface area (TPSA) is 71.3 Å². The van der Waals surface area contributed by atoms with Crippen LogP contribution in [0.15, 0.2) is 9.31 Å². The third-order valence-electron chi connectivity index (χ3n) is 3.64. The van der Waals surface area contributed by atoms with Crippen molar-refractivity contribution in [2.45, 2.75) is 63.1 Å². The van der Waals surface area contributed by atoms with E-state index in [4.69, 9.17) is 4.42 Å². The predicted molar refractivity (Wildman–Crippen MR) is 71.4 cm³/mol. The zero-order valence-corrected chi connectivity index (χ0v) is 12.1. The molecule has 2 fully saturated rings. The fourth-order valence-electron chi connectivity index (χ4n) is 2.28. The van der Waals surface area contributed by atoms with Crippen LogP contribution in [0.5, 0.6) is 0 Å². The summed E-state index contributed by atoms with van der Waals surface area (Å²) in [4.78, 5) is 0.338. The monoisotopic (exact) mass is 284 g/mol. The first kappa shape index (κ1) is 13.1. The van der Waals surface area contributed by atoms with Crippen molar-refractivity contribution in [1.82, 2.24) is 10.0 Å². The first-order valence-corrected chi connectivity index (χ1v) is 8.30. The summed E-state index contributed by atoms with van der Waals surface area (Å²) in [5, 5.41) is 3.36. The normalized spacial score (nSPS) is 19.9. The molecule has 0 aromatic carbocycles. The summed E-state index contributed by atoms with van der Waals surface area (Å²) >= 11 is 0. The average molecular weight is 284 g/mol. The molecule has 0 unspecified atom stereocenters. The number of hydrogen-bond donors (Lipinski definition) is 2. The van der Waals surface area contributed by atoms with E-state index in [1.165, 1.54) is 12.8 Å². The van der Waals surface area contributed by atoms with Crippen LogP contribution in [0.4, 0.5) is 0 Å². The minimum atomic E-state index is -3.45. The molecule has 1 aromatic heterocycles. The molecule has 19 heavy (non-hydrogen) atoms. The molecule has 2 aliphatic rings. The zero-order chi connectivity index (χ0) is 13.6. The zero-order valence-electron chi connectivity index (χ0n) is 11.3. The van der Waals surface area contributed by atoms with Gasteiger partial charge in [-0.05, 0) is 39.5 Å². The van der Waals surface area contributed by atoms with Crippen molar-refractivity contribution in [2.75, 3.05) is 0 Å². The molecule has 0 spiro atoms. The Morgan fingerprint density at radius 2 is 1.74 bits per heavy atom. The quantitative estimate of drug-likeness (QED) is 0.832. The largest absolute Gasteiger partial charge is 0.465 e. The number of rotatable bonds is 6. The lowest BCUT2D eigenvalue weighted by Crippen LogP contribution is -2.28. The molecule has 1 aromatic rings. The summed E-state index contributed by atoms with van der Waals surface area (Å²) in [6.07, 6.45) is 4.23. The highest BCUT2D eigenvalue weighted by molar-refractivity contribution is 7.89. The fourth-order valence-corrected chi connectivity index (χ4v) is 4.03. The summed E-state index contributed by atoms with van der Waals surface area (Å²) in [7, 11) is -3.45. The average Bonchev–Trinajstić information content (AvgIpc) is 3.18. The van der Waals surface area contributed by atoms with Crippen LogP contribution in [0.2, 0.25) is 0 Å².